The Balaban J connectivity index is 2.46. The van der Waals surface area contributed by atoms with Crippen LogP contribution in [-0.4, -0.2) is 34.9 Å². The summed E-state index contributed by atoms with van der Waals surface area (Å²) in [5.74, 6) is -0.215. The Morgan fingerprint density at radius 2 is 2.41 bits per heavy atom. The first-order valence-corrected chi connectivity index (χ1v) is 6.13. The van der Waals surface area contributed by atoms with Crippen molar-refractivity contribution in [2.45, 2.75) is 32.9 Å². The Labute approximate surface area is 106 Å². The van der Waals surface area contributed by atoms with Crippen molar-refractivity contribution < 1.29 is 9.53 Å². The van der Waals surface area contributed by atoms with Crippen LogP contribution in [0.25, 0.3) is 0 Å². The van der Waals surface area contributed by atoms with Gasteiger partial charge in [0.1, 0.15) is 6.04 Å². The van der Waals surface area contributed by atoms with Gasteiger partial charge in [-0.05, 0) is 19.9 Å². The molecule has 0 spiro atoms. The van der Waals surface area contributed by atoms with Gasteiger partial charge in [-0.3, -0.25) is 9.48 Å². The third-order valence-corrected chi connectivity index (χ3v) is 2.47. The van der Waals surface area contributed by atoms with Crippen LogP contribution in [0.2, 0.25) is 5.02 Å². The molecule has 0 radical (unpaired) electrons. The van der Waals surface area contributed by atoms with E-state index >= 15 is 0 Å². The lowest BCUT2D eigenvalue weighted by molar-refractivity contribution is -0.145. The number of nitrogens with zero attached hydrogens (tertiary/aromatic N) is 2. The lowest BCUT2D eigenvalue weighted by atomic mass is 10.2. The lowest BCUT2D eigenvalue weighted by Crippen LogP contribution is -2.38. The summed E-state index contributed by atoms with van der Waals surface area (Å²) in [6.45, 7) is 5.51. The quantitative estimate of drug-likeness (QED) is 0.754. The summed E-state index contributed by atoms with van der Waals surface area (Å²) in [6, 6.07) is -0.289. The van der Waals surface area contributed by atoms with Crippen molar-refractivity contribution in [3.05, 3.63) is 17.4 Å². The first-order chi connectivity index (χ1) is 8.17. The number of esters is 1. The number of aromatic nitrogens is 2. The number of likely N-dealkylation sites (N-methyl/N-ethyl adjacent to an activating group) is 1. The average Bonchev–Trinajstić information content (AvgIpc) is 2.70. The normalized spacial score (nSPS) is 12.4. The monoisotopic (exact) mass is 259 g/mol. The molecule has 96 valence electrons. The molecule has 0 aliphatic heterocycles. The van der Waals surface area contributed by atoms with Crippen LogP contribution in [0, 0.1) is 0 Å². The number of carbonyl (C=O) groups is 1. The van der Waals surface area contributed by atoms with Crippen LogP contribution >= 0.6 is 11.6 Å². The zero-order valence-corrected chi connectivity index (χ0v) is 10.9. The van der Waals surface area contributed by atoms with Crippen LogP contribution in [0.5, 0.6) is 0 Å². The Kier molecular flexibility index (Phi) is 6.00. The Hall–Kier alpha value is -1.07. The molecule has 1 heterocycles. The number of nitrogens with one attached hydrogen (secondary N) is 1. The van der Waals surface area contributed by atoms with Crippen molar-refractivity contribution in [3.8, 4) is 0 Å². The summed E-state index contributed by atoms with van der Waals surface area (Å²) in [4.78, 5) is 11.6. The van der Waals surface area contributed by atoms with Gasteiger partial charge in [-0.15, -0.1) is 0 Å². The van der Waals surface area contributed by atoms with Crippen molar-refractivity contribution in [2.24, 2.45) is 0 Å². The maximum atomic E-state index is 11.6. The van der Waals surface area contributed by atoms with Crippen LogP contribution in [0.4, 0.5) is 0 Å². The van der Waals surface area contributed by atoms with Crippen LogP contribution in [0.1, 0.15) is 20.3 Å². The topological polar surface area (TPSA) is 56.2 Å². The molecule has 6 heteroatoms. The van der Waals surface area contributed by atoms with Gasteiger partial charge >= 0.3 is 5.97 Å². The van der Waals surface area contributed by atoms with Gasteiger partial charge in [-0.1, -0.05) is 18.5 Å². The number of hydrogen-bond acceptors (Lipinski definition) is 4. The van der Waals surface area contributed by atoms with E-state index in [0.29, 0.717) is 24.6 Å². The van der Waals surface area contributed by atoms with E-state index in [4.69, 9.17) is 16.3 Å². The summed E-state index contributed by atoms with van der Waals surface area (Å²) in [7, 11) is 0. The van der Waals surface area contributed by atoms with Gasteiger partial charge in [-0.25, -0.2) is 0 Å². The molecular weight excluding hydrogens is 242 g/mol. The minimum atomic E-state index is -0.289. The fourth-order valence-electron chi connectivity index (χ4n) is 1.51. The molecule has 1 aromatic heterocycles. The highest BCUT2D eigenvalue weighted by Crippen LogP contribution is 2.06. The molecule has 1 N–H and O–H groups in total. The van der Waals surface area contributed by atoms with Gasteiger partial charge in [0, 0.05) is 12.7 Å². The largest absolute Gasteiger partial charge is 0.465 e. The molecule has 5 nitrogen and oxygen atoms in total. The number of rotatable bonds is 7. The summed E-state index contributed by atoms with van der Waals surface area (Å²) < 4.78 is 6.71. The van der Waals surface area contributed by atoms with E-state index in [9.17, 15) is 4.79 Å². The standard InChI is InChI=1S/C11H18ClN3O2/c1-3-13-10(11(16)17-4-2)5-6-15-8-9(12)7-14-15/h7-8,10,13H,3-6H2,1-2H3. The zero-order chi connectivity index (χ0) is 12.7. The summed E-state index contributed by atoms with van der Waals surface area (Å²) in [6.07, 6.45) is 3.94. The predicted octanol–water partition coefficient (Wildman–Crippen LogP) is 1.47. The predicted molar refractivity (Wildman–Crippen MR) is 66.0 cm³/mol. The van der Waals surface area contributed by atoms with Gasteiger partial charge in [-0.2, -0.15) is 5.10 Å². The van der Waals surface area contributed by atoms with Gasteiger partial charge in [0.2, 0.25) is 0 Å². The van der Waals surface area contributed by atoms with Crippen molar-refractivity contribution in [1.82, 2.24) is 15.1 Å². The molecule has 0 aromatic carbocycles. The van der Waals surface area contributed by atoms with Gasteiger partial charge in [0.25, 0.3) is 0 Å². The fraction of sp³-hybridized carbons (Fsp3) is 0.636. The van der Waals surface area contributed by atoms with Crippen molar-refractivity contribution in [1.29, 1.82) is 0 Å². The maximum Gasteiger partial charge on any atom is 0.323 e. The molecule has 0 aliphatic carbocycles. The molecule has 0 aliphatic rings. The number of hydrogen-bond donors (Lipinski definition) is 1. The summed E-state index contributed by atoms with van der Waals surface area (Å²) in [5.41, 5.74) is 0. The van der Waals surface area contributed by atoms with Crippen molar-refractivity contribution >= 4 is 17.6 Å². The van der Waals surface area contributed by atoms with Crippen molar-refractivity contribution in [3.63, 3.8) is 0 Å². The van der Waals surface area contributed by atoms with Gasteiger partial charge in [0.05, 0.1) is 17.8 Å². The minimum Gasteiger partial charge on any atom is -0.465 e. The van der Waals surface area contributed by atoms with E-state index in [0.717, 1.165) is 6.54 Å². The van der Waals surface area contributed by atoms with E-state index in [1.165, 1.54) is 0 Å². The molecule has 1 atom stereocenters. The Morgan fingerprint density at radius 1 is 1.65 bits per heavy atom. The molecule has 0 fully saturated rings. The highest BCUT2D eigenvalue weighted by atomic mass is 35.5. The van der Waals surface area contributed by atoms with E-state index in [-0.39, 0.29) is 12.0 Å². The molecule has 0 saturated heterocycles. The van der Waals surface area contributed by atoms with E-state index in [2.05, 4.69) is 10.4 Å². The third kappa shape index (κ3) is 4.75. The number of carbonyl (C=O) groups excluding carboxylic acids is 1. The van der Waals surface area contributed by atoms with Gasteiger partial charge < -0.3 is 10.1 Å². The second-order valence-electron chi connectivity index (χ2n) is 3.57. The fourth-order valence-corrected chi connectivity index (χ4v) is 1.67. The van der Waals surface area contributed by atoms with E-state index in [1.54, 1.807) is 24.0 Å². The highest BCUT2D eigenvalue weighted by molar-refractivity contribution is 6.30. The van der Waals surface area contributed by atoms with Crippen LogP contribution < -0.4 is 5.32 Å². The minimum absolute atomic E-state index is 0.215. The van der Waals surface area contributed by atoms with Crippen molar-refractivity contribution in [2.75, 3.05) is 13.2 Å². The number of halogens is 1. The van der Waals surface area contributed by atoms with Gasteiger partial charge in [0.15, 0.2) is 0 Å². The molecule has 0 saturated carbocycles. The molecule has 17 heavy (non-hydrogen) atoms. The Morgan fingerprint density at radius 3 is 2.94 bits per heavy atom. The summed E-state index contributed by atoms with van der Waals surface area (Å²) in [5, 5.41) is 7.75. The van der Waals surface area contributed by atoms with E-state index in [1.807, 2.05) is 6.92 Å². The molecule has 1 aromatic rings. The van der Waals surface area contributed by atoms with Crippen LogP contribution in [-0.2, 0) is 16.1 Å². The maximum absolute atomic E-state index is 11.6. The highest BCUT2D eigenvalue weighted by Gasteiger charge is 2.18. The SMILES string of the molecule is CCNC(CCn1cc(Cl)cn1)C(=O)OCC. The smallest absolute Gasteiger partial charge is 0.323 e. The third-order valence-electron chi connectivity index (χ3n) is 2.27. The number of ether oxygens (including phenoxy) is 1. The summed E-state index contributed by atoms with van der Waals surface area (Å²) >= 11 is 5.76. The molecular formula is C11H18ClN3O2. The average molecular weight is 260 g/mol. The lowest BCUT2D eigenvalue weighted by Gasteiger charge is -2.15. The van der Waals surface area contributed by atoms with Crippen LogP contribution in [0.3, 0.4) is 0 Å². The number of aryl methyl sites for hydroxylation is 1. The van der Waals surface area contributed by atoms with Crippen LogP contribution in [0.15, 0.2) is 12.4 Å². The Bertz CT molecular complexity index is 354. The molecule has 1 unspecified atom stereocenters. The molecule has 0 bridgehead atoms. The first-order valence-electron chi connectivity index (χ1n) is 5.75. The second kappa shape index (κ2) is 7.29. The second-order valence-corrected chi connectivity index (χ2v) is 4.01. The van der Waals surface area contributed by atoms with E-state index < -0.39 is 0 Å². The zero-order valence-electron chi connectivity index (χ0n) is 10.1. The molecule has 1 rings (SSSR count). The first kappa shape index (κ1) is 14.0. The molecule has 0 amide bonds.